The molecule has 1 amide bonds. The highest BCUT2D eigenvalue weighted by Crippen LogP contribution is 2.41. The first-order valence-electron chi connectivity index (χ1n) is 9.02. The van der Waals surface area contributed by atoms with Crippen molar-refractivity contribution in [1.29, 1.82) is 0 Å². The summed E-state index contributed by atoms with van der Waals surface area (Å²) in [6, 6.07) is 0.172. The highest BCUT2D eigenvalue weighted by Gasteiger charge is 2.41. The van der Waals surface area contributed by atoms with Crippen LogP contribution in [-0.4, -0.2) is 41.8 Å². The van der Waals surface area contributed by atoms with Gasteiger partial charge < -0.3 is 19.4 Å². The monoisotopic (exact) mass is 335 g/mol. The van der Waals surface area contributed by atoms with Crippen LogP contribution in [0.5, 0.6) is 0 Å². The van der Waals surface area contributed by atoms with Crippen molar-refractivity contribution < 1.29 is 14.3 Å². The van der Waals surface area contributed by atoms with Gasteiger partial charge in [-0.15, -0.1) is 0 Å². The fourth-order valence-electron chi connectivity index (χ4n) is 4.09. The molecule has 1 aromatic heterocycles. The molecule has 0 radical (unpaired) electrons. The van der Waals surface area contributed by atoms with Crippen molar-refractivity contribution in [2.24, 2.45) is 12.5 Å². The first-order valence-corrected chi connectivity index (χ1v) is 9.02. The Morgan fingerprint density at radius 3 is 2.96 bits per heavy atom. The van der Waals surface area contributed by atoms with E-state index in [2.05, 4.69) is 10.3 Å². The number of hydrogen-bond donors (Lipinski definition) is 1. The van der Waals surface area contributed by atoms with Crippen LogP contribution in [0.1, 0.15) is 56.7 Å². The van der Waals surface area contributed by atoms with Crippen LogP contribution in [0.3, 0.4) is 0 Å². The smallest absolute Gasteiger partial charge is 0.226 e. The van der Waals surface area contributed by atoms with Crippen LogP contribution < -0.4 is 5.32 Å². The van der Waals surface area contributed by atoms with E-state index in [1.54, 1.807) is 13.4 Å². The van der Waals surface area contributed by atoms with Crippen LogP contribution in [0.15, 0.2) is 12.5 Å². The third-order valence-corrected chi connectivity index (χ3v) is 5.63. The highest BCUT2D eigenvalue weighted by atomic mass is 16.5. The zero-order valence-corrected chi connectivity index (χ0v) is 14.8. The second-order valence-electron chi connectivity index (χ2n) is 7.21. The Bertz CT molecular complexity index is 551. The molecule has 0 unspecified atom stereocenters. The minimum absolute atomic E-state index is 0.00931. The Kier molecular flexibility index (Phi) is 5.56. The van der Waals surface area contributed by atoms with Crippen LogP contribution in [0.25, 0.3) is 0 Å². The number of hydrogen-bond acceptors (Lipinski definition) is 4. The van der Waals surface area contributed by atoms with Gasteiger partial charge in [-0.05, 0) is 32.1 Å². The maximum Gasteiger partial charge on any atom is 0.226 e. The number of carbonyl (C=O) groups excluding carboxylic acids is 1. The van der Waals surface area contributed by atoms with Crippen molar-refractivity contribution in [3.05, 3.63) is 18.2 Å². The summed E-state index contributed by atoms with van der Waals surface area (Å²) in [6.07, 6.45) is 10.4. The van der Waals surface area contributed by atoms with Crippen LogP contribution in [0.4, 0.5) is 0 Å². The lowest BCUT2D eigenvalue weighted by Gasteiger charge is -2.34. The molecule has 1 saturated heterocycles. The Labute approximate surface area is 143 Å². The molecule has 6 heteroatoms. The van der Waals surface area contributed by atoms with Gasteiger partial charge in [-0.2, -0.15) is 0 Å². The first kappa shape index (κ1) is 17.4. The van der Waals surface area contributed by atoms with E-state index in [0.29, 0.717) is 13.2 Å². The predicted octanol–water partition coefficient (Wildman–Crippen LogP) is 2.35. The van der Waals surface area contributed by atoms with Gasteiger partial charge in [0.1, 0.15) is 6.10 Å². The Hall–Kier alpha value is -1.40. The number of aromatic nitrogens is 2. The number of ether oxygens (including phenoxy) is 2. The lowest BCUT2D eigenvalue weighted by Crippen LogP contribution is -2.47. The maximum absolute atomic E-state index is 13.0. The number of amides is 1. The zero-order valence-electron chi connectivity index (χ0n) is 14.8. The molecule has 3 rings (SSSR count). The topological polar surface area (TPSA) is 65.4 Å². The summed E-state index contributed by atoms with van der Waals surface area (Å²) in [5.74, 6) is 0.215. The van der Waals surface area contributed by atoms with E-state index in [4.69, 9.17) is 9.47 Å². The predicted molar refractivity (Wildman–Crippen MR) is 90.5 cm³/mol. The van der Waals surface area contributed by atoms with E-state index >= 15 is 0 Å². The molecule has 134 valence electrons. The second-order valence-corrected chi connectivity index (χ2v) is 7.21. The number of aryl methyl sites for hydroxylation is 1. The van der Waals surface area contributed by atoms with Gasteiger partial charge >= 0.3 is 0 Å². The van der Waals surface area contributed by atoms with Gasteiger partial charge in [-0.1, -0.05) is 12.8 Å². The molecule has 1 saturated carbocycles. The first-order chi connectivity index (χ1) is 11.6. The molecule has 1 N–H and O–H groups in total. The Morgan fingerprint density at radius 1 is 1.50 bits per heavy atom. The van der Waals surface area contributed by atoms with Gasteiger partial charge in [0.15, 0.2) is 0 Å². The fraction of sp³-hybridized carbons (Fsp3) is 0.778. The lowest BCUT2D eigenvalue weighted by atomic mass is 9.81. The van der Waals surface area contributed by atoms with Gasteiger partial charge in [0.05, 0.1) is 23.6 Å². The summed E-state index contributed by atoms with van der Waals surface area (Å²) >= 11 is 0. The van der Waals surface area contributed by atoms with Crippen molar-refractivity contribution in [2.45, 2.75) is 57.1 Å². The zero-order chi connectivity index (χ0) is 17.0. The SMILES string of the molecule is COCCC1(C(=O)N[C@@H]2CCO[C@@H](c3cncn3C)C2)CCCC1. The molecule has 0 aromatic carbocycles. The minimum atomic E-state index is -0.226. The Balaban J connectivity index is 1.62. The van der Waals surface area contributed by atoms with E-state index in [0.717, 1.165) is 50.6 Å². The molecule has 2 fully saturated rings. The molecule has 0 spiro atoms. The summed E-state index contributed by atoms with van der Waals surface area (Å²) in [5.41, 5.74) is 0.847. The third-order valence-electron chi connectivity index (χ3n) is 5.63. The quantitative estimate of drug-likeness (QED) is 0.867. The summed E-state index contributed by atoms with van der Waals surface area (Å²) in [5, 5.41) is 3.32. The molecule has 1 aliphatic carbocycles. The van der Waals surface area contributed by atoms with Crippen LogP contribution >= 0.6 is 0 Å². The average molecular weight is 335 g/mol. The van der Waals surface area contributed by atoms with Crippen molar-refractivity contribution >= 4 is 5.91 Å². The standard InChI is InChI=1S/C18H29N3O3/c1-21-13-19-12-15(21)16-11-14(5-9-24-16)20-17(22)18(8-10-23-2)6-3-4-7-18/h12-14,16H,3-11H2,1-2H3,(H,20,22)/t14-,16-/m1/s1. The van der Waals surface area contributed by atoms with E-state index in [1.165, 1.54) is 0 Å². The maximum atomic E-state index is 13.0. The van der Waals surface area contributed by atoms with Crippen molar-refractivity contribution in [3.8, 4) is 0 Å². The Morgan fingerprint density at radius 2 is 2.29 bits per heavy atom. The molecule has 2 aliphatic rings. The van der Waals surface area contributed by atoms with Crippen LogP contribution in [0.2, 0.25) is 0 Å². The van der Waals surface area contributed by atoms with Crippen molar-refractivity contribution in [1.82, 2.24) is 14.9 Å². The average Bonchev–Trinajstić information content (AvgIpc) is 3.23. The number of methoxy groups -OCH3 is 1. The summed E-state index contributed by atoms with van der Waals surface area (Å²) < 4.78 is 13.1. The van der Waals surface area contributed by atoms with Crippen LogP contribution in [-0.2, 0) is 21.3 Å². The molecular formula is C18H29N3O3. The van der Waals surface area contributed by atoms with Crippen molar-refractivity contribution in [3.63, 3.8) is 0 Å². The number of rotatable bonds is 6. The van der Waals surface area contributed by atoms with Crippen LogP contribution in [0, 0.1) is 5.41 Å². The molecule has 2 heterocycles. The van der Waals surface area contributed by atoms with E-state index in [1.807, 2.05) is 17.8 Å². The number of nitrogens with one attached hydrogen (secondary N) is 1. The lowest BCUT2D eigenvalue weighted by molar-refractivity contribution is -0.133. The van der Waals surface area contributed by atoms with Gasteiger partial charge in [-0.25, -0.2) is 4.98 Å². The largest absolute Gasteiger partial charge is 0.385 e. The summed E-state index contributed by atoms with van der Waals surface area (Å²) in [7, 11) is 3.68. The molecular weight excluding hydrogens is 306 g/mol. The third kappa shape index (κ3) is 3.64. The number of carbonyl (C=O) groups is 1. The molecule has 0 bridgehead atoms. The molecule has 1 aromatic rings. The van der Waals surface area contributed by atoms with Gasteiger partial charge in [0, 0.05) is 33.4 Å². The van der Waals surface area contributed by atoms with E-state index in [-0.39, 0.29) is 23.5 Å². The second kappa shape index (κ2) is 7.66. The number of imidazole rings is 1. The minimum Gasteiger partial charge on any atom is -0.385 e. The number of nitrogens with zero attached hydrogens (tertiary/aromatic N) is 2. The molecule has 24 heavy (non-hydrogen) atoms. The van der Waals surface area contributed by atoms with Gasteiger partial charge in [0.25, 0.3) is 0 Å². The molecule has 2 atom stereocenters. The molecule has 6 nitrogen and oxygen atoms in total. The molecule has 1 aliphatic heterocycles. The van der Waals surface area contributed by atoms with E-state index in [9.17, 15) is 4.79 Å². The summed E-state index contributed by atoms with van der Waals surface area (Å²) in [6.45, 7) is 1.32. The normalized spacial score (nSPS) is 26.4. The highest BCUT2D eigenvalue weighted by molar-refractivity contribution is 5.83. The van der Waals surface area contributed by atoms with Gasteiger partial charge in [-0.3, -0.25) is 4.79 Å². The van der Waals surface area contributed by atoms with E-state index < -0.39 is 0 Å². The summed E-state index contributed by atoms with van der Waals surface area (Å²) in [4.78, 5) is 17.1. The van der Waals surface area contributed by atoms with Crippen molar-refractivity contribution in [2.75, 3.05) is 20.3 Å². The van der Waals surface area contributed by atoms with Gasteiger partial charge in [0.2, 0.25) is 5.91 Å². The fourth-order valence-corrected chi connectivity index (χ4v) is 4.09.